The average molecular weight is 419 g/mol. The van der Waals surface area contributed by atoms with Crippen LogP contribution in [0.25, 0.3) is 0 Å². The fourth-order valence-electron chi connectivity index (χ4n) is 3.30. The van der Waals surface area contributed by atoms with Crippen molar-refractivity contribution in [2.45, 2.75) is 36.8 Å². The molecule has 9 heteroatoms. The summed E-state index contributed by atoms with van der Waals surface area (Å²) in [6.07, 6.45) is 2.02. The minimum atomic E-state index is -4.50. The van der Waals surface area contributed by atoms with E-state index in [1.54, 1.807) is 0 Å². The summed E-state index contributed by atoms with van der Waals surface area (Å²) < 4.78 is 68.9. The number of alkyl halides is 3. The molecule has 0 saturated heterocycles. The fourth-order valence-corrected chi connectivity index (χ4v) is 4.55. The van der Waals surface area contributed by atoms with Gasteiger partial charge in [-0.15, -0.1) is 0 Å². The zero-order valence-corrected chi connectivity index (χ0v) is 16.6. The van der Waals surface area contributed by atoms with E-state index in [9.17, 15) is 26.4 Å². The minimum absolute atomic E-state index is 0.155. The molecular formula is C19H24F3NO4S. The Labute approximate surface area is 163 Å². The zero-order valence-electron chi connectivity index (χ0n) is 15.8. The second kappa shape index (κ2) is 9.09. The van der Waals surface area contributed by atoms with Crippen LogP contribution >= 0.6 is 0 Å². The zero-order chi connectivity index (χ0) is 20.9. The normalized spacial score (nSPS) is 21.2. The van der Waals surface area contributed by atoms with Crippen LogP contribution in [-0.2, 0) is 25.7 Å². The monoisotopic (exact) mass is 419 g/mol. The maximum absolute atomic E-state index is 12.6. The van der Waals surface area contributed by atoms with E-state index in [0.717, 1.165) is 49.9 Å². The number of carbonyl (C=O) groups excluding carboxylic acids is 1. The van der Waals surface area contributed by atoms with E-state index < -0.39 is 27.7 Å². The van der Waals surface area contributed by atoms with Gasteiger partial charge < -0.3 is 4.74 Å². The van der Waals surface area contributed by atoms with Gasteiger partial charge in [-0.25, -0.2) is 17.5 Å². The highest BCUT2D eigenvalue weighted by Crippen LogP contribution is 2.32. The Morgan fingerprint density at radius 1 is 1.18 bits per heavy atom. The molecule has 0 radical (unpaired) electrons. The number of sulfonamides is 1. The third kappa shape index (κ3) is 5.81. The summed E-state index contributed by atoms with van der Waals surface area (Å²) >= 11 is 0. The van der Waals surface area contributed by atoms with Crippen molar-refractivity contribution >= 4 is 16.0 Å². The van der Waals surface area contributed by atoms with Gasteiger partial charge in [0.25, 0.3) is 0 Å². The van der Waals surface area contributed by atoms with Crippen molar-refractivity contribution in [3.05, 3.63) is 42.0 Å². The Balaban J connectivity index is 1.94. The molecule has 0 N–H and O–H groups in total. The van der Waals surface area contributed by atoms with Crippen LogP contribution in [0.4, 0.5) is 13.2 Å². The van der Waals surface area contributed by atoms with Crippen molar-refractivity contribution in [3.63, 3.8) is 0 Å². The summed E-state index contributed by atoms with van der Waals surface area (Å²) in [6.45, 7) is 0.302. The number of rotatable bonds is 6. The molecule has 1 aromatic carbocycles. The van der Waals surface area contributed by atoms with E-state index in [2.05, 4.69) is 4.74 Å². The summed E-state index contributed by atoms with van der Waals surface area (Å²) in [5, 5.41) is 0. The van der Waals surface area contributed by atoms with E-state index in [-0.39, 0.29) is 16.7 Å². The highest BCUT2D eigenvalue weighted by Gasteiger charge is 2.31. The highest BCUT2D eigenvalue weighted by atomic mass is 32.2. The molecule has 0 heterocycles. The molecule has 1 aliphatic carbocycles. The number of hydrogen-bond donors (Lipinski definition) is 0. The van der Waals surface area contributed by atoms with Crippen LogP contribution in [-0.4, -0.2) is 39.4 Å². The van der Waals surface area contributed by atoms with Crippen molar-refractivity contribution in [1.82, 2.24) is 4.31 Å². The lowest BCUT2D eigenvalue weighted by Crippen LogP contribution is -2.33. The SMILES string of the molecule is COC(=O)/C=C/C1CCC(CN(C)S(=O)(=O)c2ccc(C(F)(F)F)cc2)CC1. The number of allylic oxidation sites excluding steroid dienone is 1. The van der Waals surface area contributed by atoms with Crippen LogP contribution in [0, 0.1) is 11.8 Å². The lowest BCUT2D eigenvalue weighted by atomic mass is 9.82. The maximum atomic E-state index is 12.6. The predicted molar refractivity (Wildman–Crippen MR) is 97.9 cm³/mol. The van der Waals surface area contributed by atoms with Crippen molar-refractivity contribution < 1.29 is 31.1 Å². The van der Waals surface area contributed by atoms with E-state index in [4.69, 9.17) is 0 Å². The van der Waals surface area contributed by atoms with Crippen molar-refractivity contribution in [1.29, 1.82) is 0 Å². The van der Waals surface area contributed by atoms with E-state index in [1.807, 2.05) is 6.08 Å². The van der Waals surface area contributed by atoms with Crippen LogP contribution in [0.3, 0.4) is 0 Å². The van der Waals surface area contributed by atoms with Crippen LogP contribution < -0.4 is 0 Å². The molecule has 0 spiro atoms. The molecule has 1 saturated carbocycles. The molecule has 2 rings (SSSR count). The number of methoxy groups -OCH3 is 1. The first-order chi connectivity index (χ1) is 13.0. The Hall–Kier alpha value is -1.87. The number of hydrogen-bond acceptors (Lipinski definition) is 4. The van der Waals surface area contributed by atoms with Crippen LogP contribution in [0.5, 0.6) is 0 Å². The molecular weight excluding hydrogens is 395 g/mol. The smallest absolute Gasteiger partial charge is 0.416 e. The Morgan fingerprint density at radius 2 is 1.75 bits per heavy atom. The maximum Gasteiger partial charge on any atom is 0.416 e. The largest absolute Gasteiger partial charge is 0.466 e. The highest BCUT2D eigenvalue weighted by molar-refractivity contribution is 7.89. The quantitative estimate of drug-likeness (QED) is 0.519. The number of benzene rings is 1. The van der Waals surface area contributed by atoms with Gasteiger partial charge in [-0.3, -0.25) is 0 Å². The molecule has 1 aromatic rings. The van der Waals surface area contributed by atoms with Gasteiger partial charge in [0.05, 0.1) is 17.6 Å². The Morgan fingerprint density at radius 3 is 2.25 bits per heavy atom. The van der Waals surface area contributed by atoms with Gasteiger partial charge in [-0.05, 0) is 61.8 Å². The molecule has 1 fully saturated rings. The second-order valence-electron chi connectivity index (χ2n) is 6.97. The molecule has 5 nitrogen and oxygen atoms in total. The van der Waals surface area contributed by atoms with Gasteiger partial charge in [-0.1, -0.05) is 6.08 Å². The summed E-state index contributed by atoms with van der Waals surface area (Å²) in [6, 6.07) is 3.53. The Kier molecular flexibility index (Phi) is 7.28. The number of halogens is 3. The number of nitrogens with zero attached hydrogens (tertiary/aromatic N) is 1. The van der Waals surface area contributed by atoms with Gasteiger partial charge in [0.15, 0.2) is 0 Å². The lowest BCUT2D eigenvalue weighted by molar-refractivity contribution is -0.137. The van der Waals surface area contributed by atoms with Crippen LogP contribution in [0.2, 0.25) is 0 Å². The molecule has 0 aromatic heterocycles. The topological polar surface area (TPSA) is 63.7 Å². The third-order valence-electron chi connectivity index (χ3n) is 5.00. The number of ether oxygens (including phenoxy) is 1. The van der Waals surface area contributed by atoms with Crippen molar-refractivity contribution in [2.75, 3.05) is 20.7 Å². The van der Waals surface area contributed by atoms with Gasteiger partial charge in [0.2, 0.25) is 10.0 Å². The summed E-state index contributed by atoms with van der Waals surface area (Å²) in [5.74, 6) is 0.0219. The number of carbonyl (C=O) groups is 1. The summed E-state index contributed by atoms with van der Waals surface area (Å²) in [5.41, 5.74) is -0.882. The predicted octanol–water partition coefficient (Wildman–Crippen LogP) is 3.86. The molecule has 1 aliphatic rings. The van der Waals surface area contributed by atoms with E-state index in [0.29, 0.717) is 6.54 Å². The molecule has 0 unspecified atom stereocenters. The first kappa shape index (κ1) is 22.4. The molecule has 28 heavy (non-hydrogen) atoms. The fraction of sp³-hybridized carbons (Fsp3) is 0.526. The second-order valence-corrected chi connectivity index (χ2v) is 9.02. The average Bonchev–Trinajstić information content (AvgIpc) is 2.66. The first-order valence-electron chi connectivity index (χ1n) is 8.93. The third-order valence-corrected chi connectivity index (χ3v) is 6.84. The van der Waals surface area contributed by atoms with Crippen LogP contribution in [0.15, 0.2) is 41.3 Å². The number of esters is 1. The van der Waals surface area contributed by atoms with Gasteiger partial charge in [0, 0.05) is 19.7 Å². The lowest BCUT2D eigenvalue weighted by Gasteiger charge is -2.29. The minimum Gasteiger partial charge on any atom is -0.466 e. The standard InChI is InChI=1S/C19H24F3NO4S/c1-23(13-15-5-3-14(4-6-15)7-12-18(24)27-2)28(25,26)17-10-8-16(9-11-17)19(20,21)22/h7-12,14-15H,3-6,13H2,1-2H3/b12-7+. The molecule has 156 valence electrons. The Bertz CT molecular complexity index is 795. The van der Waals surface area contributed by atoms with Crippen LogP contribution in [0.1, 0.15) is 31.2 Å². The van der Waals surface area contributed by atoms with E-state index in [1.165, 1.54) is 24.5 Å². The van der Waals surface area contributed by atoms with Crippen molar-refractivity contribution in [2.24, 2.45) is 11.8 Å². The molecule has 0 bridgehead atoms. The summed E-state index contributed by atoms with van der Waals surface area (Å²) in [4.78, 5) is 11.0. The molecule has 0 atom stereocenters. The van der Waals surface area contributed by atoms with Gasteiger partial charge >= 0.3 is 12.1 Å². The first-order valence-corrected chi connectivity index (χ1v) is 10.4. The molecule has 0 aliphatic heterocycles. The van der Waals surface area contributed by atoms with Gasteiger partial charge in [-0.2, -0.15) is 13.2 Å². The van der Waals surface area contributed by atoms with E-state index >= 15 is 0 Å². The van der Waals surface area contributed by atoms with Gasteiger partial charge in [0.1, 0.15) is 0 Å². The molecule has 0 amide bonds. The summed E-state index contributed by atoms with van der Waals surface area (Å²) in [7, 11) is -1.09. The van der Waals surface area contributed by atoms with Crippen molar-refractivity contribution in [3.8, 4) is 0 Å².